The number of piperidine rings is 1. The second kappa shape index (κ2) is 15.1. The molecule has 2 amide bonds. The summed E-state index contributed by atoms with van der Waals surface area (Å²) in [6.07, 6.45) is 0.960. The van der Waals surface area contributed by atoms with Gasteiger partial charge in [-0.2, -0.15) is 0 Å². The van der Waals surface area contributed by atoms with E-state index in [4.69, 9.17) is 22.3 Å². The number of hydrogen-bond acceptors (Lipinski definition) is 5. The van der Waals surface area contributed by atoms with Crippen LogP contribution in [0.25, 0.3) is 0 Å². The highest BCUT2D eigenvalue weighted by atomic mass is 19.4. The minimum absolute atomic E-state index is 0.0238. The average Bonchev–Trinajstić information content (AvgIpc) is 3.01. The molecule has 2 aliphatic rings. The van der Waals surface area contributed by atoms with Crippen molar-refractivity contribution in [3.05, 3.63) is 65.2 Å². The minimum atomic E-state index is -4.97. The number of alkyl halides is 3. The maximum atomic E-state index is 14.1. The number of carbonyl (C=O) groups excluding carboxylic acids is 2. The van der Waals surface area contributed by atoms with Gasteiger partial charge in [-0.05, 0) is 55.6 Å². The Hall–Kier alpha value is -4.29. The number of benzene rings is 2. The Morgan fingerprint density at radius 1 is 0.933 bits per heavy atom. The zero-order valence-electron chi connectivity index (χ0n) is 25.2. The molecular formula is C32H42F3N7O3. The molecule has 2 atom stereocenters. The third-order valence-electron chi connectivity index (χ3n) is 8.76. The molecule has 10 nitrogen and oxygen atoms in total. The molecule has 0 aromatic heterocycles. The van der Waals surface area contributed by atoms with Crippen molar-refractivity contribution < 1.29 is 27.5 Å². The quantitative estimate of drug-likeness (QED) is 0.162. The van der Waals surface area contributed by atoms with E-state index in [-0.39, 0.29) is 41.5 Å². The van der Waals surface area contributed by atoms with E-state index in [0.29, 0.717) is 30.8 Å². The number of rotatable bonds is 11. The van der Waals surface area contributed by atoms with Crippen molar-refractivity contribution in [2.24, 2.45) is 23.3 Å². The molecule has 2 fully saturated rings. The molecule has 1 saturated carbocycles. The number of ether oxygens (including phenoxy) is 1. The number of amidine groups is 1. The van der Waals surface area contributed by atoms with Crippen LogP contribution in [-0.2, 0) is 16.0 Å². The van der Waals surface area contributed by atoms with E-state index in [2.05, 4.69) is 15.4 Å². The third kappa shape index (κ3) is 9.60. The smallest absolute Gasteiger partial charge is 0.405 e. The minimum Gasteiger partial charge on any atom is -0.405 e. The molecule has 2 aromatic rings. The lowest BCUT2D eigenvalue weighted by molar-refractivity contribution is -0.275. The molecule has 0 bridgehead atoms. The summed E-state index contributed by atoms with van der Waals surface area (Å²) in [5, 5.41) is 21.2. The number of hydrogen-bond donors (Lipinski definition) is 6. The van der Waals surface area contributed by atoms with Gasteiger partial charge in [-0.3, -0.25) is 20.4 Å². The van der Waals surface area contributed by atoms with E-state index < -0.39 is 30.0 Å². The summed E-state index contributed by atoms with van der Waals surface area (Å²) in [7, 11) is 0. The van der Waals surface area contributed by atoms with Gasteiger partial charge in [0, 0.05) is 30.8 Å². The van der Waals surface area contributed by atoms with Gasteiger partial charge in [0.15, 0.2) is 5.96 Å². The molecule has 0 radical (unpaired) electrons. The molecular weight excluding hydrogens is 587 g/mol. The van der Waals surface area contributed by atoms with Crippen LogP contribution in [0.3, 0.4) is 0 Å². The van der Waals surface area contributed by atoms with Crippen molar-refractivity contribution >= 4 is 23.6 Å². The first kappa shape index (κ1) is 33.6. The lowest BCUT2D eigenvalue weighted by Gasteiger charge is -2.34. The van der Waals surface area contributed by atoms with Crippen molar-refractivity contribution in [1.29, 1.82) is 10.8 Å². The van der Waals surface area contributed by atoms with Gasteiger partial charge in [-0.25, -0.2) is 0 Å². The summed E-state index contributed by atoms with van der Waals surface area (Å²) in [6.45, 7) is 1.68. The van der Waals surface area contributed by atoms with E-state index >= 15 is 0 Å². The standard InChI is InChI=1S/C32H42F3N7O3/c33-32(34,35)45-26-9-5-4-8-24(26)25(18-20-10-12-23(13-11-20)28(36)37)29(43)41-27(22-6-2-1-3-7-22)30(44)40-19-21-14-16-42(17-15-21)31(38)39/h4-5,8-13,21-22,25,27H,1-3,6-7,14-19H2,(H3,36,37)(H3,38,39)(H,40,44)(H,41,43)/t25?,27-/m0/s1. The predicted octanol–water partition coefficient (Wildman–Crippen LogP) is 3.98. The normalized spacial score (nSPS) is 17.6. The Morgan fingerprint density at radius 2 is 1.58 bits per heavy atom. The van der Waals surface area contributed by atoms with Gasteiger partial charge in [-0.15, -0.1) is 13.2 Å². The van der Waals surface area contributed by atoms with Gasteiger partial charge < -0.3 is 31.7 Å². The Morgan fingerprint density at radius 3 is 2.18 bits per heavy atom. The van der Waals surface area contributed by atoms with Gasteiger partial charge in [0.1, 0.15) is 17.6 Å². The highest BCUT2D eigenvalue weighted by Gasteiger charge is 2.37. The number of amides is 2. The van der Waals surface area contributed by atoms with Crippen LogP contribution >= 0.6 is 0 Å². The first-order valence-corrected chi connectivity index (χ1v) is 15.4. The second-order valence-electron chi connectivity index (χ2n) is 11.9. The Bertz CT molecular complexity index is 1340. The summed E-state index contributed by atoms with van der Waals surface area (Å²) in [4.78, 5) is 29.5. The largest absolute Gasteiger partial charge is 0.573 e. The molecule has 244 valence electrons. The lowest BCUT2D eigenvalue weighted by Crippen LogP contribution is -2.53. The van der Waals surface area contributed by atoms with Crippen molar-refractivity contribution in [1.82, 2.24) is 15.5 Å². The summed E-state index contributed by atoms with van der Waals surface area (Å²) < 4.78 is 44.4. The molecule has 4 rings (SSSR count). The van der Waals surface area contributed by atoms with Crippen molar-refractivity contribution in [3.63, 3.8) is 0 Å². The number of carbonyl (C=O) groups is 2. The molecule has 8 N–H and O–H groups in total. The van der Waals surface area contributed by atoms with Crippen LogP contribution in [0.1, 0.15) is 67.6 Å². The fourth-order valence-corrected chi connectivity index (χ4v) is 6.24. The second-order valence-corrected chi connectivity index (χ2v) is 11.9. The van der Waals surface area contributed by atoms with Crippen LogP contribution in [0.15, 0.2) is 48.5 Å². The summed E-state index contributed by atoms with van der Waals surface area (Å²) in [5.74, 6) is -2.50. The molecule has 45 heavy (non-hydrogen) atoms. The SMILES string of the molecule is N=C(N)c1ccc(CC(C(=O)N[C@H](C(=O)NCC2CCN(C(=N)N)CC2)C2CCCCC2)c2ccccc2OC(F)(F)F)cc1. The zero-order valence-corrected chi connectivity index (χ0v) is 25.2. The Balaban J connectivity index is 1.57. The summed E-state index contributed by atoms with van der Waals surface area (Å²) in [5.41, 5.74) is 12.3. The number of halogens is 3. The number of nitrogen functional groups attached to an aromatic ring is 1. The van der Waals surface area contributed by atoms with Crippen LogP contribution in [0.2, 0.25) is 0 Å². The fourth-order valence-electron chi connectivity index (χ4n) is 6.24. The maximum Gasteiger partial charge on any atom is 0.573 e. The van der Waals surface area contributed by atoms with E-state index in [0.717, 1.165) is 44.9 Å². The monoisotopic (exact) mass is 629 g/mol. The molecule has 2 aromatic carbocycles. The highest BCUT2D eigenvalue weighted by molar-refractivity contribution is 5.95. The topological polar surface area (TPSA) is 170 Å². The van der Waals surface area contributed by atoms with Gasteiger partial charge in [0.2, 0.25) is 11.8 Å². The number of nitrogens with two attached hydrogens (primary N) is 2. The summed E-state index contributed by atoms with van der Waals surface area (Å²) in [6, 6.07) is 11.3. The molecule has 13 heteroatoms. The molecule has 1 unspecified atom stereocenters. The van der Waals surface area contributed by atoms with Crippen molar-refractivity contribution in [2.75, 3.05) is 19.6 Å². The van der Waals surface area contributed by atoms with E-state index in [1.165, 1.54) is 18.2 Å². The van der Waals surface area contributed by atoms with Gasteiger partial charge in [0.25, 0.3) is 0 Å². The fraction of sp³-hybridized carbons (Fsp3) is 0.500. The van der Waals surface area contributed by atoms with Crippen LogP contribution in [-0.4, -0.2) is 60.5 Å². The lowest BCUT2D eigenvalue weighted by atomic mass is 9.82. The van der Waals surface area contributed by atoms with Crippen LogP contribution < -0.4 is 26.8 Å². The average molecular weight is 630 g/mol. The third-order valence-corrected chi connectivity index (χ3v) is 8.76. The Kier molecular flexibility index (Phi) is 11.3. The maximum absolute atomic E-state index is 14.1. The number of para-hydroxylation sites is 1. The molecule has 1 aliphatic carbocycles. The van der Waals surface area contributed by atoms with Gasteiger partial charge >= 0.3 is 6.36 Å². The number of likely N-dealkylation sites (tertiary alicyclic amines) is 1. The molecule has 0 spiro atoms. The van der Waals surface area contributed by atoms with Gasteiger partial charge in [0.05, 0.1) is 5.92 Å². The molecule has 1 heterocycles. The molecule has 1 saturated heterocycles. The Labute approximate surface area is 261 Å². The van der Waals surface area contributed by atoms with E-state index in [1.807, 2.05) is 0 Å². The van der Waals surface area contributed by atoms with Crippen molar-refractivity contribution in [2.45, 2.75) is 69.7 Å². The van der Waals surface area contributed by atoms with Crippen LogP contribution in [0.4, 0.5) is 13.2 Å². The molecule has 1 aliphatic heterocycles. The first-order chi connectivity index (χ1) is 21.4. The van der Waals surface area contributed by atoms with E-state index in [9.17, 15) is 22.8 Å². The first-order valence-electron chi connectivity index (χ1n) is 15.4. The van der Waals surface area contributed by atoms with Crippen molar-refractivity contribution in [3.8, 4) is 5.75 Å². The van der Waals surface area contributed by atoms with Crippen LogP contribution in [0.5, 0.6) is 5.75 Å². The summed E-state index contributed by atoms with van der Waals surface area (Å²) >= 11 is 0. The van der Waals surface area contributed by atoms with E-state index in [1.54, 1.807) is 35.2 Å². The highest BCUT2D eigenvalue weighted by Crippen LogP contribution is 2.34. The predicted molar refractivity (Wildman–Crippen MR) is 165 cm³/mol. The number of nitrogens with zero attached hydrogens (tertiary/aromatic N) is 1. The zero-order chi connectivity index (χ0) is 32.6. The number of nitrogens with one attached hydrogen (secondary N) is 4. The van der Waals surface area contributed by atoms with Crippen LogP contribution in [0, 0.1) is 22.7 Å². The van der Waals surface area contributed by atoms with Gasteiger partial charge in [-0.1, -0.05) is 61.7 Å². The number of guanidine groups is 1.